The Kier molecular flexibility index (Phi) is 6.87. The Balaban J connectivity index is 1.45. The Bertz CT molecular complexity index is 666. The van der Waals surface area contributed by atoms with Crippen LogP contribution in [0.4, 0.5) is 19.4 Å². The molecule has 0 bridgehead atoms. The number of unbranched alkanes of at least 4 members (excludes halogenated alkanes) is 3. The lowest BCUT2D eigenvalue weighted by Crippen LogP contribution is -2.25. The van der Waals surface area contributed by atoms with E-state index in [1.54, 1.807) is 0 Å². The second-order valence-electron chi connectivity index (χ2n) is 9.78. The van der Waals surface area contributed by atoms with Crippen molar-refractivity contribution in [2.75, 3.05) is 0 Å². The van der Waals surface area contributed by atoms with Gasteiger partial charge >= 0.3 is 10.2 Å². The van der Waals surface area contributed by atoms with Crippen molar-refractivity contribution in [1.82, 2.24) is 0 Å². The van der Waals surface area contributed by atoms with Gasteiger partial charge in [-0.2, -0.15) is 0 Å². The van der Waals surface area contributed by atoms with Crippen LogP contribution in [0.2, 0.25) is 0 Å². The Hall–Kier alpha value is -0.780. The Morgan fingerprint density at radius 2 is 1.23 bits per heavy atom. The largest absolute Gasteiger partial charge is 0.310 e. The summed E-state index contributed by atoms with van der Waals surface area (Å²) in [7, 11) is -9.57. The topological polar surface area (TPSA) is 0 Å². The number of halogens is 5. The standard InChI is InChI=1S/C24H37F5S/c1-2-3-4-5-6-19-7-9-20(10-8-19)21-11-13-22(14-12-21)23-15-17-24(18-16-23)30(25,26,27,28)29/h15-22H,2-14H2,1H3/t19-,20-,21-,22-. The zero-order valence-electron chi connectivity index (χ0n) is 18.1. The van der Waals surface area contributed by atoms with Crippen LogP contribution in [0, 0.1) is 17.8 Å². The molecule has 0 amide bonds. The minimum atomic E-state index is -9.57. The molecule has 3 rings (SSSR count). The molecule has 0 N–H and O–H groups in total. The highest BCUT2D eigenvalue weighted by molar-refractivity contribution is 8.45. The van der Waals surface area contributed by atoms with Gasteiger partial charge in [-0.05, 0) is 79.9 Å². The zero-order chi connectivity index (χ0) is 21.9. The summed E-state index contributed by atoms with van der Waals surface area (Å²) < 4.78 is 64.5. The van der Waals surface area contributed by atoms with Crippen molar-refractivity contribution >= 4 is 10.2 Å². The van der Waals surface area contributed by atoms with Gasteiger partial charge < -0.3 is 0 Å². The van der Waals surface area contributed by atoms with Gasteiger partial charge in [-0.25, -0.2) is 0 Å². The van der Waals surface area contributed by atoms with Gasteiger partial charge in [-0.1, -0.05) is 83.4 Å². The van der Waals surface area contributed by atoms with Crippen LogP contribution in [0.5, 0.6) is 0 Å². The molecule has 1 aromatic rings. The molecule has 0 unspecified atom stereocenters. The van der Waals surface area contributed by atoms with Crippen molar-refractivity contribution < 1.29 is 19.4 Å². The molecule has 2 aliphatic rings. The Morgan fingerprint density at radius 3 is 1.73 bits per heavy atom. The quantitative estimate of drug-likeness (QED) is 0.272. The molecule has 2 fully saturated rings. The lowest BCUT2D eigenvalue weighted by molar-refractivity contribution is 0.155. The summed E-state index contributed by atoms with van der Waals surface area (Å²) in [6, 6.07) is 3.68. The molecule has 2 aliphatic carbocycles. The third-order valence-corrected chi connectivity index (χ3v) is 8.76. The van der Waals surface area contributed by atoms with Crippen LogP contribution >= 0.6 is 10.2 Å². The molecule has 0 nitrogen and oxygen atoms in total. The highest BCUT2D eigenvalue weighted by atomic mass is 32.5. The van der Waals surface area contributed by atoms with Gasteiger partial charge in [0.25, 0.3) is 0 Å². The van der Waals surface area contributed by atoms with E-state index in [0.29, 0.717) is 12.1 Å². The molecule has 174 valence electrons. The first-order valence-corrected chi connectivity index (χ1v) is 13.8. The van der Waals surface area contributed by atoms with Crippen molar-refractivity contribution in [2.24, 2.45) is 17.8 Å². The summed E-state index contributed by atoms with van der Waals surface area (Å²) in [5.41, 5.74) is 0.773. The number of hydrogen-bond acceptors (Lipinski definition) is 0. The lowest BCUT2D eigenvalue weighted by Gasteiger charge is -2.41. The molecule has 0 spiro atoms. The summed E-state index contributed by atoms with van der Waals surface area (Å²) >= 11 is 0. The van der Waals surface area contributed by atoms with E-state index in [0.717, 1.165) is 49.0 Å². The zero-order valence-corrected chi connectivity index (χ0v) is 18.9. The molecule has 2 saturated carbocycles. The third kappa shape index (κ3) is 6.61. The summed E-state index contributed by atoms with van der Waals surface area (Å²) in [5.74, 6) is 2.63. The Morgan fingerprint density at radius 1 is 0.700 bits per heavy atom. The second-order valence-corrected chi connectivity index (χ2v) is 12.2. The smallest absolute Gasteiger partial charge is 0.0936 e. The van der Waals surface area contributed by atoms with Crippen LogP contribution in [0.25, 0.3) is 0 Å². The van der Waals surface area contributed by atoms with Crippen molar-refractivity contribution in [1.29, 1.82) is 0 Å². The van der Waals surface area contributed by atoms with Gasteiger partial charge in [0.15, 0.2) is 0 Å². The van der Waals surface area contributed by atoms with Gasteiger partial charge in [0, 0.05) is 0 Å². The van der Waals surface area contributed by atoms with Crippen LogP contribution in [0.1, 0.15) is 102 Å². The first-order chi connectivity index (χ1) is 14.0. The molecule has 1 aromatic carbocycles. The molecule has 0 aromatic heterocycles. The average molecular weight is 453 g/mol. The minimum Gasteiger partial charge on any atom is -0.0936 e. The monoisotopic (exact) mass is 452 g/mol. The highest BCUT2D eigenvalue weighted by Crippen LogP contribution is 3.02. The van der Waals surface area contributed by atoms with Crippen LogP contribution in [0.3, 0.4) is 0 Å². The van der Waals surface area contributed by atoms with Gasteiger partial charge in [0.2, 0.25) is 0 Å². The number of hydrogen-bond donors (Lipinski definition) is 0. The summed E-state index contributed by atoms with van der Waals surface area (Å²) in [6.45, 7) is 2.25. The molecule has 0 radical (unpaired) electrons. The highest BCUT2D eigenvalue weighted by Gasteiger charge is 2.65. The SMILES string of the molecule is CCCCCC[C@H]1CC[C@H]([C@H]2CC[C@H](c3ccc(S(F)(F)(F)(F)F)cc3)CC2)CC1. The van der Waals surface area contributed by atoms with Crippen LogP contribution in [-0.2, 0) is 0 Å². The van der Waals surface area contributed by atoms with Crippen molar-refractivity contribution in [3.63, 3.8) is 0 Å². The van der Waals surface area contributed by atoms with Crippen LogP contribution < -0.4 is 0 Å². The fourth-order valence-corrected chi connectivity index (χ4v) is 6.38. The maximum absolute atomic E-state index is 12.9. The number of rotatable bonds is 8. The van der Waals surface area contributed by atoms with Crippen molar-refractivity contribution in [2.45, 2.75) is 101 Å². The van der Waals surface area contributed by atoms with Gasteiger partial charge in [0.1, 0.15) is 4.90 Å². The molecule has 6 heteroatoms. The normalized spacial score (nSPS) is 30.5. The van der Waals surface area contributed by atoms with E-state index in [-0.39, 0.29) is 5.92 Å². The summed E-state index contributed by atoms with van der Waals surface area (Å²) in [5, 5.41) is 0. The maximum Gasteiger partial charge on any atom is 0.310 e. The van der Waals surface area contributed by atoms with E-state index in [2.05, 4.69) is 6.92 Å². The first-order valence-electron chi connectivity index (χ1n) is 11.8. The first kappa shape index (κ1) is 23.9. The van der Waals surface area contributed by atoms with Gasteiger partial charge in [-0.3, -0.25) is 0 Å². The summed E-state index contributed by atoms with van der Waals surface area (Å²) in [4.78, 5) is -1.78. The van der Waals surface area contributed by atoms with E-state index in [9.17, 15) is 19.4 Å². The molecule has 0 saturated heterocycles. The molecular weight excluding hydrogens is 415 g/mol. The van der Waals surface area contributed by atoms with Crippen molar-refractivity contribution in [3.05, 3.63) is 29.8 Å². The number of benzene rings is 1. The molecule has 0 aliphatic heterocycles. The Labute approximate surface area is 178 Å². The second kappa shape index (κ2) is 8.63. The maximum atomic E-state index is 12.9. The van der Waals surface area contributed by atoms with E-state index in [1.165, 1.54) is 69.9 Å². The van der Waals surface area contributed by atoms with E-state index >= 15 is 0 Å². The summed E-state index contributed by atoms with van der Waals surface area (Å²) in [6.07, 6.45) is 16.2. The fraction of sp³-hybridized carbons (Fsp3) is 0.750. The lowest BCUT2D eigenvalue weighted by atomic mass is 9.68. The molecule has 30 heavy (non-hydrogen) atoms. The van der Waals surface area contributed by atoms with E-state index in [1.807, 2.05) is 0 Å². The average Bonchev–Trinajstić information content (AvgIpc) is 2.70. The predicted molar refractivity (Wildman–Crippen MR) is 117 cm³/mol. The fourth-order valence-electron chi connectivity index (χ4n) is 5.73. The van der Waals surface area contributed by atoms with E-state index < -0.39 is 15.1 Å². The van der Waals surface area contributed by atoms with Crippen LogP contribution in [-0.4, -0.2) is 0 Å². The minimum absolute atomic E-state index is 0.198. The van der Waals surface area contributed by atoms with Gasteiger partial charge in [-0.15, -0.1) is 0 Å². The molecular formula is C24H37F5S. The third-order valence-electron chi connectivity index (χ3n) is 7.59. The molecule has 0 heterocycles. The van der Waals surface area contributed by atoms with E-state index in [4.69, 9.17) is 0 Å². The predicted octanol–water partition coefficient (Wildman–Crippen LogP) is 10.4. The molecule has 0 atom stereocenters. The van der Waals surface area contributed by atoms with Gasteiger partial charge in [0.05, 0.1) is 0 Å². The van der Waals surface area contributed by atoms with Crippen LogP contribution in [0.15, 0.2) is 29.2 Å². The van der Waals surface area contributed by atoms with Crippen molar-refractivity contribution in [3.8, 4) is 0 Å².